The number of hydrogen-bond donors (Lipinski definition) is 2. The van der Waals surface area contributed by atoms with Gasteiger partial charge in [0.2, 0.25) is 0 Å². The zero-order chi connectivity index (χ0) is 11.9. The number of aliphatic carboxylic acids is 1. The molecule has 2 N–H and O–H groups in total. The van der Waals surface area contributed by atoms with Gasteiger partial charge in [-0.3, -0.25) is 4.79 Å². The van der Waals surface area contributed by atoms with Crippen molar-refractivity contribution in [2.24, 2.45) is 0 Å². The highest BCUT2D eigenvalue weighted by Crippen LogP contribution is 2.28. The largest absolute Gasteiger partial charge is 0.481 e. The number of carboxylic acid groups (broad SMARTS) is 1. The summed E-state index contributed by atoms with van der Waals surface area (Å²) in [6.45, 7) is 3.38. The molecule has 84 valence electrons. The van der Waals surface area contributed by atoms with Gasteiger partial charge in [-0.05, 0) is 37.4 Å². The van der Waals surface area contributed by atoms with Gasteiger partial charge in [0, 0.05) is 15.7 Å². The molecule has 0 aliphatic carbocycles. The van der Waals surface area contributed by atoms with Crippen LogP contribution in [0.1, 0.15) is 19.5 Å². The molecule has 0 amide bonds. The van der Waals surface area contributed by atoms with Gasteiger partial charge in [0.05, 0.1) is 0 Å². The number of carbonyl (C=O) groups is 1. The van der Waals surface area contributed by atoms with Crippen LogP contribution in [0.5, 0.6) is 0 Å². The van der Waals surface area contributed by atoms with Gasteiger partial charge >= 0.3 is 5.97 Å². The summed E-state index contributed by atoms with van der Waals surface area (Å²) in [4.78, 5) is 14.3. The van der Waals surface area contributed by atoms with E-state index in [4.69, 9.17) is 5.11 Å². The standard InChI is InChI=1S/C12H12BrNO2/c1-12(2,11(15)16)10-5-7-3-4-8(13)6-9(7)14-10/h3-6,14H,1-2H3,(H,15,16). The molecule has 0 fully saturated rings. The summed E-state index contributed by atoms with van der Waals surface area (Å²) in [7, 11) is 0. The normalized spacial score (nSPS) is 11.9. The topological polar surface area (TPSA) is 53.1 Å². The minimum absolute atomic E-state index is 0.716. The first kappa shape index (κ1) is 11.2. The molecule has 16 heavy (non-hydrogen) atoms. The number of aromatic nitrogens is 1. The summed E-state index contributed by atoms with van der Waals surface area (Å²) in [5.74, 6) is -0.835. The number of halogens is 1. The van der Waals surface area contributed by atoms with Gasteiger partial charge in [-0.2, -0.15) is 0 Å². The first-order chi connectivity index (χ1) is 7.41. The predicted molar refractivity (Wildman–Crippen MR) is 66.7 cm³/mol. The van der Waals surface area contributed by atoms with Crippen molar-refractivity contribution in [1.82, 2.24) is 4.98 Å². The number of hydrogen-bond acceptors (Lipinski definition) is 1. The second-order valence-corrected chi connectivity index (χ2v) is 5.26. The van der Waals surface area contributed by atoms with E-state index in [0.717, 1.165) is 15.4 Å². The van der Waals surface area contributed by atoms with Gasteiger partial charge in [0.15, 0.2) is 0 Å². The zero-order valence-electron chi connectivity index (χ0n) is 9.04. The monoisotopic (exact) mass is 281 g/mol. The highest BCUT2D eigenvalue weighted by molar-refractivity contribution is 9.10. The molecule has 0 spiro atoms. The number of aromatic amines is 1. The maximum absolute atomic E-state index is 11.1. The Balaban J connectivity index is 2.59. The first-order valence-electron chi connectivity index (χ1n) is 4.93. The van der Waals surface area contributed by atoms with Gasteiger partial charge < -0.3 is 10.1 Å². The summed E-state index contributed by atoms with van der Waals surface area (Å²) in [5, 5.41) is 10.2. The van der Waals surface area contributed by atoms with E-state index in [1.54, 1.807) is 13.8 Å². The Morgan fingerprint density at radius 2 is 2.06 bits per heavy atom. The molecule has 0 aliphatic heterocycles. The molecule has 0 unspecified atom stereocenters. The maximum atomic E-state index is 11.1. The van der Waals surface area contributed by atoms with Crippen LogP contribution in [0.2, 0.25) is 0 Å². The van der Waals surface area contributed by atoms with Crippen LogP contribution in [-0.2, 0) is 10.2 Å². The van der Waals surface area contributed by atoms with Crippen molar-refractivity contribution in [1.29, 1.82) is 0 Å². The van der Waals surface area contributed by atoms with Crippen LogP contribution < -0.4 is 0 Å². The number of H-pyrrole nitrogens is 1. The van der Waals surface area contributed by atoms with E-state index in [1.165, 1.54) is 0 Å². The van der Waals surface area contributed by atoms with Crippen molar-refractivity contribution >= 4 is 32.8 Å². The predicted octanol–water partition coefficient (Wildman–Crippen LogP) is 3.29. The summed E-state index contributed by atoms with van der Waals surface area (Å²) in [5.41, 5.74) is 0.762. The average Bonchev–Trinajstić information content (AvgIpc) is 2.60. The maximum Gasteiger partial charge on any atom is 0.315 e. The fraction of sp³-hybridized carbons (Fsp3) is 0.250. The number of carboxylic acids is 1. The Morgan fingerprint density at radius 1 is 1.38 bits per heavy atom. The highest BCUT2D eigenvalue weighted by atomic mass is 79.9. The minimum atomic E-state index is -0.897. The quantitative estimate of drug-likeness (QED) is 0.888. The molecule has 0 saturated carbocycles. The fourth-order valence-corrected chi connectivity index (χ4v) is 1.91. The molecule has 4 heteroatoms. The van der Waals surface area contributed by atoms with E-state index in [-0.39, 0.29) is 0 Å². The summed E-state index contributed by atoms with van der Waals surface area (Å²) in [6, 6.07) is 7.72. The fourth-order valence-electron chi connectivity index (χ4n) is 1.55. The van der Waals surface area contributed by atoms with Crippen molar-refractivity contribution in [3.8, 4) is 0 Å². The van der Waals surface area contributed by atoms with Gasteiger partial charge in [-0.1, -0.05) is 22.0 Å². The smallest absolute Gasteiger partial charge is 0.315 e. The average molecular weight is 282 g/mol. The van der Waals surface area contributed by atoms with Gasteiger partial charge in [-0.15, -0.1) is 0 Å². The van der Waals surface area contributed by atoms with Crippen LogP contribution >= 0.6 is 15.9 Å². The molecule has 2 rings (SSSR count). The lowest BCUT2D eigenvalue weighted by Gasteiger charge is -2.16. The Hall–Kier alpha value is -1.29. The summed E-state index contributed by atoms with van der Waals surface area (Å²) in [6.07, 6.45) is 0. The number of nitrogens with one attached hydrogen (secondary N) is 1. The Bertz CT molecular complexity index is 557. The van der Waals surface area contributed by atoms with Crippen molar-refractivity contribution in [3.05, 3.63) is 34.4 Å². The lowest BCUT2D eigenvalue weighted by molar-refractivity contribution is -0.142. The molecule has 3 nitrogen and oxygen atoms in total. The number of fused-ring (bicyclic) bond motifs is 1. The zero-order valence-corrected chi connectivity index (χ0v) is 10.6. The molecule has 0 atom stereocenters. The van der Waals surface area contributed by atoms with Gasteiger partial charge in [0.25, 0.3) is 0 Å². The van der Waals surface area contributed by atoms with E-state index in [2.05, 4.69) is 20.9 Å². The molecule has 1 aromatic carbocycles. The van der Waals surface area contributed by atoms with E-state index in [0.29, 0.717) is 5.69 Å². The number of rotatable bonds is 2. The third-order valence-corrected chi connectivity index (χ3v) is 3.29. The summed E-state index contributed by atoms with van der Waals surface area (Å²) < 4.78 is 0.974. The lowest BCUT2D eigenvalue weighted by Crippen LogP contribution is -2.28. The SMILES string of the molecule is CC(C)(C(=O)O)c1cc2ccc(Br)cc2[nH]1. The number of benzene rings is 1. The molecule has 0 radical (unpaired) electrons. The van der Waals surface area contributed by atoms with Gasteiger partial charge in [0.1, 0.15) is 5.41 Å². The van der Waals surface area contributed by atoms with Crippen LogP contribution in [0.3, 0.4) is 0 Å². The van der Waals surface area contributed by atoms with Gasteiger partial charge in [-0.25, -0.2) is 0 Å². The molecular formula is C12H12BrNO2. The Morgan fingerprint density at radius 3 is 2.69 bits per heavy atom. The molecule has 1 aromatic heterocycles. The van der Waals surface area contributed by atoms with E-state index >= 15 is 0 Å². The second kappa shape index (κ2) is 3.63. The lowest BCUT2D eigenvalue weighted by atomic mass is 9.90. The van der Waals surface area contributed by atoms with E-state index in [1.807, 2.05) is 24.3 Å². The third kappa shape index (κ3) is 1.73. The Kier molecular flexibility index (Phi) is 2.54. The van der Waals surface area contributed by atoms with Crippen LogP contribution in [0.15, 0.2) is 28.7 Å². The van der Waals surface area contributed by atoms with E-state index < -0.39 is 11.4 Å². The van der Waals surface area contributed by atoms with Crippen LogP contribution in [0.4, 0.5) is 0 Å². The summed E-state index contributed by atoms with van der Waals surface area (Å²) >= 11 is 3.38. The van der Waals surface area contributed by atoms with Crippen LogP contribution in [0.25, 0.3) is 10.9 Å². The van der Waals surface area contributed by atoms with Crippen molar-refractivity contribution in [2.75, 3.05) is 0 Å². The first-order valence-corrected chi connectivity index (χ1v) is 5.73. The highest BCUT2D eigenvalue weighted by Gasteiger charge is 2.31. The Labute approximate surface area is 102 Å². The van der Waals surface area contributed by atoms with Crippen molar-refractivity contribution in [2.45, 2.75) is 19.3 Å². The second-order valence-electron chi connectivity index (χ2n) is 4.34. The van der Waals surface area contributed by atoms with E-state index in [9.17, 15) is 4.79 Å². The molecule has 0 saturated heterocycles. The molecule has 1 heterocycles. The molecule has 0 aliphatic rings. The molecule has 2 aromatic rings. The van der Waals surface area contributed by atoms with Crippen LogP contribution in [0, 0.1) is 0 Å². The van der Waals surface area contributed by atoms with Crippen molar-refractivity contribution in [3.63, 3.8) is 0 Å². The van der Waals surface area contributed by atoms with Crippen molar-refractivity contribution < 1.29 is 9.90 Å². The minimum Gasteiger partial charge on any atom is -0.481 e. The third-order valence-electron chi connectivity index (χ3n) is 2.79. The van der Waals surface area contributed by atoms with Crippen LogP contribution in [-0.4, -0.2) is 16.1 Å². The molecule has 0 bridgehead atoms. The molecular weight excluding hydrogens is 270 g/mol.